The van der Waals surface area contributed by atoms with E-state index in [1.165, 1.54) is 57.8 Å². The number of nitrogens with one attached hydrogen (secondary N) is 1. The molecule has 5 rings (SSSR count). The first-order valence-corrected chi connectivity index (χ1v) is 19.0. The number of amides is 1. The molecule has 0 aromatic carbocycles. The van der Waals surface area contributed by atoms with Crippen molar-refractivity contribution in [3.63, 3.8) is 0 Å². The number of halogens is 1. The molecular weight excluding hydrogens is 588 g/mol. The molecule has 3 saturated carbocycles. The molecule has 5 fully saturated rings. The summed E-state index contributed by atoms with van der Waals surface area (Å²) < 4.78 is 0. The van der Waals surface area contributed by atoms with Gasteiger partial charge in [-0.2, -0.15) is 0 Å². The van der Waals surface area contributed by atoms with Gasteiger partial charge in [0, 0.05) is 60.5 Å². The Balaban J connectivity index is 0.000000966. The summed E-state index contributed by atoms with van der Waals surface area (Å²) >= 11 is 3.83. The van der Waals surface area contributed by atoms with Gasteiger partial charge in [-0.05, 0) is 88.9 Å². The average molecular weight is 658 g/mol. The molecule has 0 aromatic rings. The van der Waals surface area contributed by atoms with E-state index in [0.717, 1.165) is 57.6 Å². The maximum absolute atomic E-state index is 14.1. The minimum absolute atomic E-state index is 0.0726. The molecule has 3 aliphatic carbocycles. The minimum atomic E-state index is 0.0726. The fraction of sp³-hybridized carbons (Fsp3) is 0.971. The van der Waals surface area contributed by atoms with Crippen molar-refractivity contribution in [2.75, 3.05) is 13.7 Å². The monoisotopic (exact) mass is 656 g/mol. The van der Waals surface area contributed by atoms with Gasteiger partial charge in [0.25, 0.3) is 0 Å². The van der Waals surface area contributed by atoms with E-state index >= 15 is 0 Å². The van der Waals surface area contributed by atoms with Crippen molar-refractivity contribution in [3.8, 4) is 0 Å². The molecule has 42 heavy (non-hydrogen) atoms. The summed E-state index contributed by atoms with van der Waals surface area (Å²) in [7, 11) is 1.00. The summed E-state index contributed by atoms with van der Waals surface area (Å²) in [5, 5.41) is 9.74. The van der Waals surface area contributed by atoms with E-state index < -0.39 is 0 Å². The van der Waals surface area contributed by atoms with Gasteiger partial charge in [0.1, 0.15) is 0 Å². The van der Waals surface area contributed by atoms with Gasteiger partial charge in [-0.3, -0.25) is 10.2 Å². The van der Waals surface area contributed by atoms with Crippen LogP contribution in [-0.4, -0.2) is 69.6 Å². The summed E-state index contributed by atoms with van der Waals surface area (Å²) in [5.74, 6) is 3.39. The zero-order valence-corrected chi connectivity index (χ0v) is 30.2. The highest BCUT2D eigenvalue weighted by Gasteiger charge is 2.53. The Morgan fingerprint density at radius 2 is 1.57 bits per heavy atom. The largest absolute Gasteiger partial charge is 0.400 e. The Morgan fingerprint density at radius 3 is 2.10 bits per heavy atom. The molecule has 248 valence electrons. The number of rotatable bonds is 7. The summed E-state index contributed by atoms with van der Waals surface area (Å²) in [5.41, 5.74) is 10.5. The number of carbonyl (C=O) groups is 1. The number of aliphatic hydroxyl groups is 1. The fourth-order valence-corrected chi connectivity index (χ4v) is 9.75. The van der Waals surface area contributed by atoms with Gasteiger partial charge in [0.05, 0.1) is 0 Å². The number of aliphatic hydroxyl groups excluding tert-OH is 1. The van der Waals surface area contributed by atoms with E-state index in [-0.39, 0.29) is 12.0 Å². The smallest absolute Gasteiger partial charge is 0.226 e. The number of piperidine rings is 1. The third kappa shape index (κ3) is 8.73. The van der Waals surface area contributed by atoms with Crippen LogP contribution in [0.5, 0.6) is 0 Å². The van der Waals surface area contributed by atoms with Crippen molar-refractivity contribution >= 4 is 21.8 Å². The highest BCUT2D eigenvalue weighted by Crippen LogP contribution is 2.46. The molecule has 0 aromatic heterocycles. The molecule has 2 heterocycles. The second-order valence-electron chi connectivity index (χ2n) is 13.2. The first-order chi connectivity index (χ1) is 20.4. The van der Waals surface area contributed by atoms with Crippen LogP contribution in [0.4, 0.5) is 0 Å². The van der Waals surface area contributed by atoms with Crippen molar-refractivity contribution in [2.24, 2.45) is 35.3 Å². The molecule has 7 heteroatoms. The molecule has 8 atom stereocenters. The lowest BCUT2D eigenvalue weighted by Gasteiger charge is -2.49. The number of nitrogens with zero attached hydrogens (tertiary/aromatic N) is 2. The zero-order chi connectivity index (χ0) is 31.4. The van der Waals surface area contributed by atoms with Gasteiger partial charge in [-0.25, -0.2) is 5.01 Å². The Bertz CT molecular complexity index is 743. The zero-order valence-electron chi connectivity index (χ0n) is 28.7. The molecule has 2 saturated heterocycles. The van der Waals surface area contributed by atoms with Gasteiger partial charge >= 0.3 is 0 Å². The third-order valence-electron chi connectivity index (χ3n) is 11.2. The number of fused-ring (bicyclic) bond motifs is 1. The molecule has 1 amide bonds. The molecule has 6 nitrogen and oxygen atoms in total. The third-order valence-corrected chi connectivity index (χ3v) is 12.0. The van der Waals surface area contributed by atoms with Crippen LogP contribution < -0.4 is 11.2 Å². The molecule has 0 radical (unpaired) electrons. The first-order valence-electron chi connectivity index (χ1n) is 18.1. The van der Waals surface area contributed by atoms with E-state index in [1.54, 1.807) is 0 Å². The number of likely N-dealkylation sites (tertiary alicyclic amines) is 1. The minimum Gasteiger partial charge on any atom is -0.400 e. The fourth-order valence-electron chi connectivity index (χ4n) is 9.05. The maximum atomic E-state index is 14.1. The molecule has 2 aliphatic heterocycles. The SMILES string of the molecule is CC.CC.CCCC1NN(C2CCC(C3CCC3)CC2)C2CCN(C(=O)C3CCC(Br)CC3C(C)N)[C@@H](CC)C12.CO. The number of carbonyl (C=O) groups excluding carboxylic acids is 1. The van der Waals surface area contributed by atoms with E-state index in [2.05, 4.69) is 52.0 Å². The normalized spacial score (nSPS) is 37.4. The van der Waals surface area contributed by atoms with Crippen LogP contribution in [0.1, 0.15) is 138 Å². The number of alkyl halides is 1. The quantitative estimate of drug-likeness (QED) is 0.247. The summed E-state index contributed by atoms with van der Waals surface area (Å²) in [4.78, 5) is 17.0. The lowest BCUT2D eigenvalue weighted by atomic mass is 9.69. The highest BCUT2D eigenvalue weighted by molar-refractivity contribution is 9.09. The molecule has 5 aliphatic rings. The van der Waals surface area contributed by atoms with E-state index in [0.29, 0.717) is 46.7 Å². The van der Waals surface area contributed by atoms with Gasteiger partial charge in [0.2, 0.25) is 5.91 Å². The van der Waals surface area contributed by atoms with Crippen LogP contribution in [0.25, 0.3) is 0 Å². The Kier molecular flexibility index (Phi) is 17.5. The van der Waals surface area contributed by atoms with Crippen molar-refractivity contribution in [2.45, 2.75) is 173 Å². The predicted octanol–water partition coefficient (Wildman–Crippen LogP) is 7.52. The topological polar surface area (TPSA) is 81.8 Å². The lowest BCUT2D eigenvalue weighted by molar-refractivity contribution is -0.145. The van der Waals surface area contributed by atoms with Crippen LogP contribution in [0.2, 0.25) is 0 Å². The number of hydrazine groups is 1. The molecular formula is C35H69BrN4O2. The summed E-state index contributed by atoms with van der Waals surface area (Å²) in [6.45, 7) is 15.7. The van der Waals surface area contributed by atoms with Crippen molar-refractivity contribution < 1.29 is 9.90 Å². The Labute approximate surface area is 268 Å². The van der Waals surface area contributed by atoms with Gasteiger partial charge < -0.3 is 15.7 Å². The van der Waals surface area contributed by atoms with E-state index in [9.17, 15) is 4.79 Å². The standard InChI is InChI=1S/C30H53BrN4O.2C2H6.CH4O/c1-4-7-26-29-27(5-2)34(30(36)24-15-12-22(31)18-25(24)19(3)32)17-16-28(29)35(33-26)23-13-10-21(11-14-23)20-8-6-9-20;3*1-2/h19-29,33H,4-18,32H2,1-3H3;2*1-2H3;2H,1H3/t19?,21?,22?,23?,24?,25?,26?,27-,28?,29?;;;/m0.../s1. The van der Waals surface area contributed by atoms with Crippen LogP contribution in [0, 0.1) is 29.6 Å². The second-order valence-corrected chi connectivity index (χ2v) is 14.5. The van der Waals surface area contributed by atoms with Crippen LogP contribution in [0.3, 0.4) is 0 Å². The van der Waals surface area contributed by atoms with E-state index in [1.807, 2.05) is 27.7 Å². The van der Waals surface area contributed by atoms with Crippen LogP contribution in [0.15, 0.2) is 0 Å². The maximum Gasteiger partial charge on any atom is 0.226 e. The Morgan fingerprint density at radius 1 is 0.952 bits per heavy atom. The first kappa shape index (κ1) is 38.0. The van der Waals surface area contributed by atoms with Crippen LogP contribution >= 0.6 is 15.9 Å². The molecule has 0 spiro atoms. The van der Waals surface area contributed by atoms with Crippen molar-refractivity contribution in [1.82, 2.24) is 15.3 Å². The second kappa shape index (κ2) is 19.3. The Hall–Kier alpha value is -0.210. The number of hydrogen-bond acceptors (Lipinski definition) is 5. The molecule has 0 bridgehead atoms. The van der Waals surface area contributed by atoms with E-state index in [4.69, 9.17) is 10.8 Å². The molecule has 4 N–H and O–H groups in total. The lowest BCUT2D eigenvalue weighted by Crippen LogP contribution is -2.59. The molecule has 7 unspecified atom stereocenters. The number of hydrogen-bond donors (Lipinski definition) is 3. The summed E-state index contributed by atoms with van der Waals surface area (Å²) in [6, 6.07) is 2.21. The number of nitrogens with two attached hydrogens (primary N) is 1. The van der Waals surface area contributed by atoms with Crippen LogP contribution in [-0.2, 0) is 4.79 Å². The van der Waals surface area contributed by atoms with Crippen molar-refractivity contribution in [1.29, 1.82) is 0 Å². The summed E-state index contributed by atoms with van der Waals surface area (Å²) in [6.07, 6.45) is 17.7. The van der Waals surface area contributed by atoms with Crippen molar-refractivity contribution in [3.05, 3.63) is 0 Å². The average Bonchev–Trinajstić information content (AvgIpc) is 3.37. The van der Waals surface area contributed by atoms with Gasteiger partial charge in [-0.15, -0.1) is 0 Å². The highest BCUT2D eigenvalue weighted by atomic mass is 79.9. The predicted molar refractivity (Wildman–Crippen MR) is 182 cm³/mol. The van der Waals surface area contributed by atoms with Gasteiger partial charge in [0.15, 0.2) is 0 Å². The van der Waals surface area contributed by atoms with Gasteiger partial charge in [-0.1, -0.05) is 83.2 Å².